The van der Waals surface area contributed by atoms with Gasteiger partial charge in [-0.3, -0.25) is 4.79 Å². The molecule has 2 heterocycles. The normalized spacial score (nSPS) is 25.7. The van der Waals surface area contributed by atoms with Gasteiger partial charge in [0.2, 0.25) is 0 Å². The van der Waals surface area contributed by atoms with Crippen LogP contribution in [0.2, 0.25) is 0 Å². The van der Waals surface area contributed by atoms with Gasteiger partial charge in [-0.1, -0.05) is 20.3 Å². The minimum absolute atomic E-state index is 0.0253. The molecule has 2 aliphatic rings. The molecule has 2 rings (SSSR count). The average Bonchev–Trinajstić information content (AvgIpc) is 2.47. The molecule has 2 fully saturated rings. The number of aliphatic carboxylic acids is 1. The van der Waals surface area contributed by atoms with E-state index in [4.69, 9.17) is 9.84 Å². The largest absolute Gasteiger partial charge is 0.481 e. The highest BCUT2D eigenvalue weighted by Gasteiger charge is 2.35. The van der Waals surface area contributed by atoms with Crippen molar-refractivity contribution >= 4 is 12.0 Å². The van der Waals surface area contributed by atoms with E-state index in [0.29, 0.717) is 25.2 Å². The zero-order chi connectivity index (χ0) is 15.5. The standard InChI is InChI=1S/C15H26N2O4/c1-3-15(2)4-6-16(7-5-15)14(20)17-8-9-21-11-12(17)10-13(18)19/h12H,3-11H2,1-2H3,(H,18,19). The highest BCUT2D eigenvalue weighted by atomic mass is 16.5. The first-order valence-electron chi connectivity index (χ1n) is 7.80. The van der Waals surface area contributed by atoms with Crippen LogP contribution >= 0.6 is 0 Å². The first-order valence-corrected chi connectivity index (χ1v) is 7.80. The Bertz CT molecular complexity index is 391. The summed E-state index contributed by atoms with van der Waals surface area (Å²) >= 11 is 0. The van der Waals surface area contributed by atoms with Crippen molar-refractivity contribution in [3.05, 3.63) is 0 Å². The number of urea groups is 1. The van der Waals surface area contributed by atoms with E-state index >= 15 is 0 Å². The number of carboxylic acids is 1. The lowest BCUT2D eigenvalue weighted by Gasteiger charge is -2.43. The Balaban J connectivity index is 1.96. The molecule has 0 aromatic carbocycles. The molecule has 0 spiro atoms. The van der Waals surface area contributed by atoms with Crippen LogP contribution < -0.4 is 0 Å². The quantitative estimate of drug-likeness (QED) is 0.862. The van der Waals surface area contributed by atoms with Crippen LogP contribution in [-0.2, 0) is 9.53 Å². The second-order valence-corrected chi connectivity index (χ2v) is 6.45. The number of carboxylic acid groups (broad SMARTS) is 1. The highest BCUT2D eigenvalue weighted by molar-refractivity contribution is 5.76. The number of morpholine rings is 1. The van der Waals surface area contributed by atoms with Crippen LogP contribution in [0.1, 0.15) is 39.5 Å². The molecule has 120 valence electrons. The lowest BCUT2D eigenvalue weighted by molar-refractivity contribution is -0.139. The Morgan fingerprint density at radius 1 is 1.29 bits per heavy atom. The van der Waals surface area contributed by atoms with E-state index in [2.05, 4.69) is 13.8 Å². The zero-order valence-electron chi connectivity index (χ0n) is 13.0. The molecule has 6 nitrogen and oxygen atoms in total. The predicted molar refractivity (Wildman–Crippen MR) is 78.2 cm³/mol. The third-order valence-electron chi connectivity index (χ3n) is 4.98. The van der Waals surface area contributed by atoms with E-state index in [1.165, 1.54) is 0 Å². The number of hydrogen-bond donors (Lipinski definition) is 1. The van der Waals surface area contributed by atoms with Gasteiger partial charge in [-0.2, -0.15) is 0 Å². The number of hydrogen-bond acceptors (Lipinski definition) is 3. The molecular weight excluding hydrogens is 272 g/mol. The topological polar surface area (TPSA) is 70.1 Å². The molecule has 21 heavy (non-hydrogen) atoms. The van der Waals surface area contributed by atoms with Crippen LogP contribution in [0.25, 0.3) is 0 Å². The van der Waals surface area contributed by atoms with Gasteiger partial charge in [0.25, 0.3) is 0 Å². The van der Waals surface area contributed by atoms with Gasteiger partial charge in [0.1, 0.15) is 0 Å². The first kappa shape index (κ1) is 16.1. The van der Waals surface area contributed by atoms with Crippen molar-refractivity contribution in [1.29, 1.82) is 0 Å². The minimum atomic E-state index is -0.888. The van der Waals surface area contributed by atoms with Gasteiger partial charge in [-0.05, 0) is 18.3 Å². The lowest BCUT2D eigenvalue weighted by Crippen LogP contribution is -2.56. The highest BCUT2D eigenvalue weighted by Crippen LogP contribution is 2.34. The fourth-order valence-corrected chi connectivity index (χ4v) is 3.05. The Morgan fingerprint density at radius 3 is 2.52 bits per heavy atom. The van der Waals surface area contributed by atoms with Crippen LogP contribution in [0.3, 0.4) is 0 Å². The Labute approximate surface area is 126 Å². The van der Waals surface area contributed by atoms with Crippen molar-refractivity contribution < 1.29 is 19.4 Å². The van der Waals surface area contributed by atoms with Crippen molar-refractivity contribution in [2.24, 2.45) is 5.41 Å². The molecule has 0 aliphatic carbocycles. The average molecular weight is 298 g/mol. The van der Waals surface area contributed by atoms with Gasteiger partial charge in [0, 0.05) is 19.6 Å². The molecule has 0 bridgehead atoms. The number of amides is 2. The number of likely N-dealkylation sites (tertiary alicyclic amines) is 1. The second kappa shape index (κ2) is 6.64. The Hall–Kier alpha value is -1.30. The summed E-state index contributed by atoms with van der Waals surface area (Å²) in [7, 11) is 0. The van der Waals surface area contributed by atoms with Crippen LogP contribution in [0, 0.1) is 5.41 Å². The Kier molecular flexibility index (Phi) is 5.08. The maximum atomic E-state index is 12.6. The van der Waals surface area contributed by atoms with Crippen molar-refractivity contribution in [2.45, 2.75) is 45.6 Å². The zero-order valence-corrected chi connectivity index (χ0v) is 13.0. The molecule has 0 aromatic heterocycles. The summed E-state index contributed by atoms with van der Waals surface area (Å²) in [5.74, 6) is -0.888. The summed E-state index contributed by atoms with van der Waals surface area (Å²) in [5, 5.41) is 8.97. The Morgan fingerprint density at radius 2 is 1.95 bits per heavy atom. The summed E-state index contributed by atoms with van der Waals surface area (Å²) in [5.41, 5.74) is 0.336. The van der Waals surface area contributed by atoms with Crippen molar-refractivity contribution in [3.63, 3.8) is 0 Å². The SMILES string of the molecule is CCC1(C)CCN(C(=O)N2CCOCC2CC(=O)O)CC1. The van der Waals surface area contributed by atoms with Crippen molar-refractivity contribution in [2.75, 3.05) is 32.8 Å². The van der Waals surface area contributed by atoms with Crippen molar-refractivity contribution in [3.8, 4) is 0 Å². The van der Waals surface area contributed by atoms with Gasteiger partial charge in [-0.15, -0.1) is 0 Å². The van der Waals surface area contributed by atoms with Crippen LogP contribution in [0.5, 0.6) is 0 Å². The lowest BCUT2D eigenvalue weighted by atomic mass is 9.78. The number of ether oxygens (including phenoxy) is 1. The van der Waals surface area contributed by atoms with Crippen molar-refractivity contribution in [1.82, 2.24) is 9.80 Å². The molecule has 0 aromatic rings. The van der Waals surface area contributed by atoms with Crippen LogP contribution in [-0.4, -0.2) is 65.8 Å². The predicted octanol–water partition coefficient (Wildman–Crippen LogP) is 1.79. The van der Waals surface area contributed by atoms with E-state index in [0.717, 1.165) is 32.4 Å². The second-order valence-electron chi connectivity index (χ2n) is 6.45. The summed E-state index contributed by atoms with van der Waals surface area (Å²) in [6.07, 6.45) is 3.12. The third-order valence-corrected chi connectivity index (χ3v) is 4.98. The molecule has 2 aliphatic heterocycles. The van der Waals surface area contributed by atoms with Crippen LogP contribution in [0.4, 0.5) is 4.79 Å². The number of piperidine rings is 1. The van der Waals surface area contributed by atoms with E-state index in [9.17, 15) is 9.59 Å². The number of nitrogens with zero attached hydrogens (tertiary/aromatic N) is 2. The van der Waals surface area contributed by atoms with Gasteiger partial charge in [0.05, 0.1) is 25.7 Å². The smallest absolute Gasteiger partial charge is 0.320 e. The van der Waals surface area contributed by atoms with Gasteiger partial charge in [-0.25, -0.2) is 4.79 Å². The third kappa shape index (κ3) is 3.87. The van der Waals surface area contributed by atoms with Crippen LogP contribution in [0.15, 0.2) is 0 Å². The number of rotatable bonds is 3. The first-order chi connectivity index (χ1) is 9.95. The molecule has 1 atom stereocenters. The van der Waals surface area contributed by atoms with Gasteiger partial charge >= 0.3 is 12.0 Å². The fourth-order valence-electron chi connectivity index (χ4n) is 3.05. The molecule has 0 saturated carbocycles. The molecule has 2 amide bonds. The molecule has 1 unspecified atom stereocenters. The van der Waals surface area contributed by atoms with Gasteiger partial charge < -0.3 is 19.6 Å². The number of carbonyl (C=O) groups excluding carboxylic acids is 1. The minimum Gasteiger partial charge on any atom is -0.481 e. The maximum Gasteiger partial charge on any atom is 0.320 e. The monoisotopic (exact) mass is 298 g/mol. The van der Waals surface area contributed by atoms with E-state index < -0.39 is 5.97 Å². The molecule has 1 N–H and O–H groups in total. The van der Waals surface area contributed by atoms with E-state index in [-0.39, 0.29) is 18.5 Å². The fraction of sp³-hybridized carbons (Fsp3) is 0.867. The van der Waals surface area contributed by atoms with E-state index in [1.54, 1.807) is 4.90 Å². The molecule has 6 heteroatoms. The molecular formula is C15H26N2O4. The van der Waals surface area contributed by atoms with Gasteiger partial charge in [0.15, 0.2) is 0 Å². The molecule has 0 radical (unpaired) electrons. The maximum absolute atomic E-state index is 12.6. The molecule has 2 saturated heterocycles. The summed E-state index contributed by atoms with van der Waals surface area (Å²) in [4.78, 5) is 27.1. The summed E-state index contributed by atoms with van der Waals surface area (Å²) in [6.45, 7) is 7.29. The van der Waals surface area contributed by atoms with E-state index in [1.807, 2.05) is 4.90 Å². The number of carbonyl (C=O) groups is 2. The summed E-state index contributed by atoms with van der Waals surface area (Å²) < 4.78 is 5.33. The summed E-state index contributed by atoms with van der Waals surface area (Å²) in [6, 6.07) is -0.370.